The van der Waals surface area contributed by atoms with Gasteiger partial charge >= 0.3 is 0 Å². The van der Waals surface area contributed by atoms with Crippen molar-refractivity contribution in [2.45, 2.75) is 44.4 Å². The summed E-state index contributed by atoms with van der Waals surface area (Å²) in [6, 6.07) is 6.64. The van der Waals surface area contributed by atoms with Crippen molar-refractivity contribution >= 4 is 40.0 Å². The molecule has 0 saturated heterocycles. The fourth-order valence-corrected chi connectivity index (χ4v) is 2.58. The van der Waals surface area contributed by atoms with Crippen LogP contribution in [0.25, 0.3) is 0 Å². The molecule has 0 heterocycles. The van der Waals surface area contributed by atoms with Crippen molar-refractivity contribution in [2.75, 3.05) is 19.6 Å². The van der Waals surface area contributed by atoms with Crippen molar-refractivity contribution < 1.29 is 8.42 Å². The lowest BCUT2D eigenvalue weighted by Gasteiger charge is -2.11. The van der Waals surface area contributed by atoms with Crippen LogP contribution in [0.1, 0.15) is 38.7 Å². The van der Waals surface area contributed by atoms with E-state index in [0.29, 0.717) is 0 Å². The number of guanidine groups is 1. The Hall–Kier alpha value is -0.870. The van der Waals surface area contributed by atoms with Gasteiger partial charge in [0.25, 0.3) is 0 Å². The van der Waals surface area contributed by atoms with Gasteiger partial charge in [0, 0.05) is 19.6 Å². The Morgan fingerprint density at radius 1 is 1.12 bits per heavy atom. The summed E-state index contributed by atoms with van der Waals surface area (Å²) < 4.78 is 22.4. The summed E-state index contributed by atoms with van der Waals surface area (Å²) >= 11 is 0. The SMILES string of the molecule is CCCCCN=C(NCC)NCCc1ccc(S(N)(=O)=O)cc1.I. The number of sulfonamides is 1. The van der Waals surface area contributed by atoms with Gasteiger partial charge in [-0.25, -0.2) is 13.6 Å². The van der Waals surface area contributed by atoms with E-state index >= 15 is 0 Å². The fourth-order valence-electron chi connectivity index (χ4n) is 2.07. The maximum atomic E-state index is 11.2. The molecule has 0 aromatic heterocycles. The van der Waals surface area contributed by atoms with Crippen LogP contribution in [-0.4, -0.2) is 34.0 Å². The zero-order valence-electron chi connectivity index (χ0n) is 14.4. The fraction of sp³-hybridized carbons (Fsp3) is 0.562. The van der Waals surface area contributed by atoms with E-state index in [1.165, 1.54) is 25.0 Å². The average Bonchev–Trinajstić information content (AvgIpc) is 2.51. The summed E-state index contributed by atoms with van der Waals surface area (Å²) in [5, 5.41) is 11.6. The first-order valence-electron chi connectivity index (χ1n) is 8.11. The number of benzene rings is 1. The van der Waals surface area contributed by atoms with E-state index in [4.69, 9.17) is 5.14 Å². The third-order valence-electron chi connectivity index (χ3n) is 3.33. The largest absolute Gasteiger partial charge is 0.357 e. The van der Waals surface area contributed by atoms with Gasteiger partial charge in [0.2, 0.25) is 10.0 Å². The van der Waals surface area contributed by atoms with Crippen molar-refractivity contribution in [2.24, 2.45) is 10.1 Å². The molecule has 0 atom stereocenters. The Morgan fingerprint density at radius 2 is 1.79 bits per heavy atom. The van der Waals surface area contributed by atoms with Gasteiger partial charge in [0.05, 0.1) is 4.90 Å². The van der Waals surface area contributed by atoms with Crippen LogP contribution >= 0.6 is 24.0 Å². The summed E-state index contributed by atoms with van der Waals surface area (Å²) in [5.74, 6) is 0.824. The second-order valence-corrected chi connectivity index (χ2v) is 6.89. The number of unbranched alkanes of at least 4 members (excludes halogenated alkanes) is 2. The van der Waals surface area contributed by atoms with Crippen LogP contribution in [0, 0.1) is 0 Å². The van der Waals surface area contributed by atoms with Gasteiger partial charge in [-0.15, -0.1) is 24.0 Å². The quantitative estimate of drug-likeness (QED) is 0.224. The van der Waals surface area contributed by atoms with Crippen molar-refractivity contribution in [3.8, 4) is 0 Å². The zero-order valence-corrected chi connectivity index (χ0v) is 17.6. The summed E-state index contributed by atoms with van der Waals surface area (Å²) in [6.07, 6.45) is 4.26. The van der Waals surface area contributed by atoms with E-state index in [-0.39, 0.29) is 28.9 Å². The van der Waals surface area contributed by atoms with Gasteiger partial charge in [-0.05, 0) is 37.5 Å². The van der Waals surface area contributed by atoms with E-state index in [1.54, 1.807) is 12.1 Å². The number of halogens is 1. The summed E-state index contributed by atoms with van der Waals surface area (Å²) in [5.41, 5.74) is 1.05. The van der Waals surface area contributed by atoms with Gasteiger partial charge in [-0.2, -0.15) is 0 Å². The van der Waals surface area contributed by atoms with Crippen LogP contribution in [0.15, 0.2) is 34.2 Å². The van der Waals surface area contributed by atoms with Crippen molar-refractivity contribution in [3.05, 3.63) is 29.8 Å². The minimum absolute atomic E-state index is 0. The summed E-state index contributed by atoms with van der Waals surface area (Å²) in [7, 11) is -3.62. The molecule has 6 nitrogen and oxygen atoms in total. The van der Waals surface area contributed by atoms with E-state index in [1.807, 2.05) is 6.92 Å². The van der Waals surface area contributed by atoms with Crippen LogP contribution in [0.4, 0.5) is 0 Å². The van der Waals surface area contributed by atoms with Crippen molar-refractivity contribution in [1.29, 1.82) is 0 Å². The molecule has 0 bridgehead atoms. The number of nitrogens with one attached hydrogen (secondary N) is 2. The number of hydrogen-bond donors (Lipinski definition) is 3. The number of primary sulfonamides is 1. The minimum atomic E-state index is -3.62. The average molecular weight is 468 g/mol. The molecule has 0 spiro atoms. The Balaban J connectivity index is 0.00000529. The molecule has 0 aliphatic heterocycles. The van der Waals surface area contributed by atoms with Gasteiger partial charge in [0.1, 0.15) is 0 Å². The maximum absolute atomic E-state index is 11.2. The van der Waals surface area contributed by atoms with Gasteiger partial charge in [0.15, 0.2) is 5.96 Å². The Bertz CT molecular complexity index is 589. The zero-order chi connectivity index (χ0) is 17.1. The van der Waals surface area contributed by atoms with Crippen LogP contribution in [0.2, 0.25) is 0 Å². The predicted molar refractivity (Wildman–Crippen MR) is 110 cm³/mol. The first-order valence-corrected chi connectivity index (χ1v) is 9.66. The number of nitrogens with zero attached hydrogens (tertiary/aromatic N) is 1. The van der Waals surface area contributed by atoms with Gasteiger partial charge in [-0.3, -0.25) is 4.99 Å². The molecule has 0 aliphatic carbocycles. The lowest BCUT2D eigenvalue weighted by atomic mass is 10.1. The van der Waals surface area contributed by atoms with E-state index < -0.39 is 10.0 Å². The molecule has 0 saturated carbocycles. The number of nitrogens with two attached hydrogens (primary N) is 1. The monoisotopic (exact) mass is 468 g/mol. The highest BCUT2D eigenvalue weighted by atomic mass is 127. The molecule has 4 N–H and O–H groups in total. The van der Waals surface area contributed by atoms with Gasteiger partial charge in [-0.1, -0.05) is 31.9 Å². The molecule has 0 aliphatic rings. The summed E-state index contributed by atoms with van der Waals surface area (Å²) in [6.45, 7) is 6.59. The van der Waals surface area contributed by atoms with Crippen LogP contribution in [0.5, 0.6) is 0 Å². The molecule has 0 amide bonds. The first-order chi connectivity index (χ1) is 11.0. The lowest BCUT2D eigenvalue weighted by Crippen LogP contribution is -2.38. The Labute approximate surface area is 162 Å². The number of hydrogen-bond acceptors (Lipinski definition) is 3. The predicted octanol–water partition coefficient (Wildman–Crippen LogP) is 2.24. The van der Waals surface area contributed by atoms with Crippen molar-refractivity contribution in [1.82, 2.24) is 10.6 Å². The highest BCUT2D eigenvalue weighted by molar-refractivity contribution is 14.0. The Kier molecular flexibility index (Phi) is 12.0. The van der Waals surface area contributed by atoms with Crippen LogP contribution in [-0.2, 0) is 16.4 Å². The standard InChI is InChI=1S/C16H28N4O2S.HI/c1-3-5-6-12-19-16(18-4-2)20-13-11-14-7-9-15(10-8-14)23(17,21)22;/h7-10H,3-6,11-13H2,1-2H3,(H2,17,21,22)(H2,18,19,20);1H. The minimum Gasteiger partial charge on any atom is -0.357 e. The molecule has 24 heavy (non-hydrogen) atoms. The first kappa shape index (κ1) is 23.1. The van der Waals surface area contributed by atoms with E-state index in [0.717, 1.165) is 44.0 Å². The van der Waals surface area contributed by atoms with Crippen LogP contribution < -0.4 is 15.8 Å². The van der Waals surface area contributed by atoms with E-state index in [2.05, 4.69) is 22.5 Å². The van der Waals surface area contributed by atoms with Gasteiger partial charge < -0.3 is 10.6 Å². The molecule has 0 unspecified atom stereocenters. The smallest absolute Gasteiger partial charge is 0.238 e. The molecular formula is C16H29IN4O2S. The Morgan fingerprint density at radius 3 is 2.33 bits per heavy atom. The molecule has 0 radical (unpaired) electrons. The van der Waals surface area contributed by atoms with Crippen LogP contribution in [0.3, 0.4) is 0 Å². The normalized spacial score (nSPS) is 11.7. The molecule has 138 valence electrons. The second-order valence-electron chi connectivity index (χ2n) is 5.33. The van der Waals surface area contributed by atoms with E-state index in [9.17, 15) is 8.42 Å². The molecule has 0 fully saturated rings. The number of aliphatic imine (C=N–C) groups is 1. The highest BCUT2D eigenvalue weighted by Gasteiger charge is 2.06. The summed E-state index contributed by atoms with van der Waals surface area (Å²) in [4.78, 5) is 4.67. The molecule has 1 rings (SSSR count). The number of rotatable bonds is 9. The topological polar surface area (TPSA) is 96.6 Å². The third kappa shape index (κ3) is 9.43. The molecule has 1 aromatic rings. The molecule has 8 heteroatoms. The molecular weight excluding hydrogens is 439 g/mol. The third-order valence-corrected chi connectivity index (χ3v) is 4.26. The maximum Gasteiger partial charge on any atom is 0.238 e. The lowest BCUT2D eigenvalue weighted by molar-refractivity contribution is 0.598. The second kappa shape index (κ2) is 12.5. The van der Waals surface area contributed by atoms with Crippen molar-refractivity contribution in [3.63, 3.8) is 0 Å². The highest BCUT2D eigenvalue weighted by Crippen LogP contribution is 2.08. The molecule has 1 aromatic carbocycles.